The molecule has 3 rings (SSSR count). The van der Waals surface area contributed by atoms with Crippen molar-refractivity contribution in [2.45, 2.75) is 13.0 Å². The summed E-state index contributed by atoms with van der Waals surface area (Å²) in [6, 6.07) is 14.5. The van der Waals surface area contributed by atoms with Crippen LogP contribution in [0.5, 0.6) is 0 Å². The Morgan fingerprint density at radius 2 is 1.79 bits per heavy atom. The Kier molecular flexibility index (Phi) is 5.07. The summed E-state index contributed by atoms with van der Waals surface area (Å²) in [7, 11) is 0. The highest BCUT2D eigenvalue weighted by Crippen LogP contribution is 2.39. The third-order valence-corrected chi connectivity index (χ3v) is 4.38. The smallest absolute Gasteiger partial charge is 0.319 e. The molecule has 0 unspecified atom stereocenters. The molecule has 0 spiro atoms. The Morgan fingerprint density at radius 3 is 2.42 bits per heavy atom. The predicted molar refractivity (Wildman–Crippen MR) is 93.4 cm³/mol. The van der Waals surface area contributed by atoms with E-state index >= 15 is 0 Å². The molecule has 24 heavy (non-hydrogen) atoms. The first-order chi connectivity index (χ1) is 11.6. The predicted octanol–water partition coefficient (Wildman–Crippen LogP) is 4.65. The minimum absolute atomic E-state index is 0.264. The summed E-state index contributed by atoms with van der Waals surface area (Å²) in [5, 5.41) is 4.94. The fraction of sp³-hybridized carbons (Fsp3) is 0.222. The average molecular weight is 364 g/mol. The minimum Gasteiger partial charge on any atom is -0.465 e. The Bertz CT molecular complexity index is 757. The van der Waals surface area contributed by atoms with E-state index in [-0.39, 0.29) is 6.61 Å². The molecule has 0 saturated carbocycles. The summed E-state index contributed by atoms with van der Waals surface area (Å²) >= 11 is 12.6. The van der Waals surface area contributed by atoms with Gasteiger partial charge in [0.2, 0.25) is 0 Å². The van der Waals surface area contributed by atoms with Crippen LogP contribution in [-0.4, -0.2) is 18.3 Å². The van der Waals surface area contributed by atoms with E-state index in [1.807, 2.05) is 30.3 Å². The fourth-order valence-electron chi connectivity index (χ4n) is 2.68. The molecule has 0 radical (unpaired) electrons. The van der Waals surface area contributed by atoms with Crippen LogP contribution in [0.15, 0.2) is 53.7 Å². The number of oxime groups is 1. The van der Waals surface area contributed by atoms with E-state index in [0.29, 0.717) is 21.3 Å². The molecule has 0 saturated heterocycles. The highest BCUT2D eigenvalue weighted by atomic mass is 35.5. The Morgan fingerprint density at radius 1 is 1.12 bits per heavy atom. The molecule has 4 nitrogen and oxygen atoms in total. The number of carbonyl (C=O) groups is 1. The number of hydrogen-bond donors (Lipinski definition) is 0. The standard InChI is InChI=1S/C18H15Cl2NO3/c1-2-23-18(22)15-16(14-12(19)9-6-10-13(14)20)21-24-17(15)11-7-4-3-5-8-11/h3-10,15,17H,2H2,1H3/t15-,17+/m0/s1. The first-order valence-corrected chi connectivity index (χ1v) is 8.28. The van der Waals surface area contributed by atoms with Crippen molar-refractivity contribution in [1.82, 2.24) is 0 Å². The molecule has 0 amide bonds. The maximum atomic E-state index is 12.6. The van der Waals surface area contributed by atoms with Crippen LogP contribution in [0.2, 0.25) is 10.0 Å². The van der Waals surface area contributed by atoms with E-state index in [4.69, 9.17) is 32.8 Å². The maximum absolute atomic E-state index is 12.6. The molecule has 0 aromatic heterocycles. The van der Waals surface area contributed by atoms with Crippen LogP contribution in [0.4, 0.5) is 0 Å². The molecule has 2 atom stereocenters. The first-order valence-electron chi connectivity index (χ1n) is 7.53. The van der Waals surface area contributed by atoms with Crippen LogP contribution in [-0.2, 0) is 14.4 Å². The summed E-state index contributed by atoms with van der Waals surface area (Å²) in [6.07, 6.45) is -0.576. The molecule has 6 heteroatoms. The molecule has 1 aliphatic heterocycles. The molecular weight excluding hydrogens is 349 g/mol. The van der Waals surface area contributed by atoms with Crippen molar-refractivity contribution in [2.75, 3.05) is 6.61 Å². The Labute approximate surface area is 150 Å². The second kappa shape index (κ2) is 7.24. The zero-order valence-electron chi connectivity index (χ0n) is 12.9. The van der Waals surface area contributed by atoms with Gasteiger partial charge < -0.3 is 9.57 Å². The topological polar surface area (TPSA) is 47.9 Å². The number of hydrogen-bond acceptors (Lipinski definition) is 4. The van der Waals surface area contributed by atoms with Gasteiger partial charge in [-0.2, -0.15) is 0 Å². The lowest BCUT2D eigenvalue weighted by Crippen LogP contribution is -2.29. The van der Waals surface area contributed by atoms with Crippen molar-refractivity contribution in [1.29, 1.82) is 0 Å². The number of esters is 1. The number of rotatable bonds is 4. The number of halogens is 2. The monoisotopic (exact) mass is 363 g/mol. The lowest BCUT2D eigenvalue weighted by molar-refractivity contribution is -0.148. The molecule has 124 valence electrons. The zero-order valence-corrected chi connectivity index (χ0v) is 14.4. The van der Waals surface area contributed by atoms with Gasteiger partial charge in [0.15, 0.2) is 6.10 Å². The van der Waals surface area contributed by atoms with Gasteiger partial charge in [-0.05, 0) is 24.6 Å². The normalized spacial score (nSPS) is 19.5. The largest absolute Gasteiger partial charge is 0.465 e. The molecule has 1 aliphatic rings. The lowest BCUT2D eigenvalue weighted by atomic mass is 9.88. The highest BCUT2D eigenvalue weighted by molar-refractivity contribution is 6.41. The van der Waals surface area contributed by atoms with E-state index < -0.39 is 18.0 Å². The van der Waals surface area contributed by atoms with Crippen molar-refractivity contribution in [3.05, 3.63) is 69.7 Å². The third kappa shape index (κ3) is 3.12. The van der Waals surface area contributed by atoms with Crippen molar-refractivity contribution >= 4 is 34.9 Å². The molecule has 0 fully saturated rings. The Balaban J connectivity index is 2.04. The van der Waals surface area contributed by atoms with E-state index in [2.05, 4.69) is 5.16 Å². The fourth-order valence-corrected chi connectivity index (χ4v) is 3.27. The lowest BCUT2D eigenvalue weighted by Gasteiger charge is -2.18. The number of ether oxygens (including phenoxy) is 1. The van der Waals surface area contributed by atoms with Gasteiger partial charge in [0.25, 0.3) is 0 Å². The zero-order chi connectivity index (χ0) is 17.1. The van der Waals surface area contributed by atoms with E-state index in [9.17, 15) is 4.79 Å². The minimum atomic E-state index is -0.732. The van der Waals surface area contributed by atoms with Crippen LogP contribution < -0.4 is 0 Å². The Hall–Kier alpha value is -2.04. The SMILES string of the molecule is CCOC(=O)[C@H]1C(c2c(Cl)cccc2Cl)=NO[C@@H]1c1ccccc1. The first kappa shape index (κ1) is 16.8. The van der Waals surface area contributed by atoms with Crippen molar-refractivity contribution < 1.29 is 14.4 Å². The summed E-state index contributed by atoms with van der Waals surface area (Å²) in [5.74, 6) is -1.15. The van der Waals surface area contributed by atoms with Gasteiger partial charge in [0.1, 0.15) is 11.6 Å². The summed E-state index contributed by atoms with van der Waals surface area (Å²) in [5.41, 5.74) is 1.72. The number of benzene rings is 2. The van der Waals surface area contributed by atoms with Crippen LogP contribution in [0.25, 0.3) is 0 Å². The summed E-state index contributed by atoms with van der Waals surface area (Å²) < 4.78 is 5.22. The highest BCUT2D eigenvalue weighted by Gasteiger charge is 2.43. The van der Waals surface area contributed by atoms with Crippen LogP contribution >= 0.6 is 23.2 Å². The third-order valence-electron chi connectivity index (χ3n) is 3.75. The number of nitrogens with zero attached hydrogens (tertiary/aromatic N) is 1. The van der Waals surface area contributed by atoms with Gasteiger partial charge in [-0.1, -0.05) is 64.8 Å². The van der Waals surface area contributed by atoms with Gasteiger partial charge in [-0.3, -0.25) is 4.79 Å². The van der Waals surface area contributed by atoms with Gasteiger partial charge in [0.05, 0.1) is 16.7 Å². The van der Waals surface area contributed by atoms with Crippen molar-refractivity contribution in [3.63, 3.8) is 0 Å². The average Bonchev–Trinajstić information content (AvgIpc) is 3.00. The summed E-state index contributed by atoms with van der Waals surface area (Å²) in [4.78, 5) is 18.1. The maximum Gasteiger partial charge on any atom is 0.319 e. The second-order valence-corrected chi connectivity index (χ2v) is 6.05. The number of carbonyl (C=O) groups excluding carboxylic acids is 1. The van der Waals surface area contributed by atoms with Gasteiger partial charge in [-0.15, -0.1) is 0 Å². The second-order valence-electron chi connectivity index (χ2n) is 5.24. The molecular formula is C18H15Cl2NO3. The van der Waals surface area contributed by atoms with Crippen LogP contribution in [0.1, 0.15) is 24.2 Å². The van der Waals surface area contributed by atoms with Crippen LogP contribution in [0, 0.1) is 5.92 Å². The molecule has 1 heterocycles. The van der Waals surface area contributed by atoms with Crippen LogP contribution in [0.3, 0.4) is 0 Å². The molecule has 0 N–H and O–H groups in total. The molecule has 2 aromatic carbocycles. The van der Waals surface area contributed by atoms with Gasteiger partial charge in [0, 0.05) is 5.56 Å². The quantitative estimate of drug-likeness (QED) is 0.742. The van der Waals surface area contributed by atoms with E-state index in [1.54, 1.807) is 25.1 Å². The van der Waals surface area contributed by atoms with Gasteiger partial charge in [-0.25, -0.2) is 0 Å². The van der Waals surface area contributed by atoms with Crippen molar-refractivity contribution in [2.24, 2.45) is 11.1 Å². The van der Waals surface area contributed by atoms with E-state index in [1.165, 1.54) is 0 Å². The summed E-state index contributed by atoms with van der Waals surface area (Å²) in [6.45, 7) is 2.02. The molecule has 0 bridgehead atoms. The molecule has 0 aliphatic carbocycles. The molecule has 2 aromatic rings. The van der Waals surface area contributed by atoms with Crippen molar-refractivity contribution in [3.8, 4) is 0 Å². The van der Waals surface area contributed by atoms with Gasteiger partial charge >= 0.3 is 5.97 Å². The van der Waals surface area contributed by atoms with E-state index in [0.717, 1.165) is 5.56 Å².